The first-order valence-corrected chi connectivity index (χ1v) is 8.14. The summed E-state index contributed by atoms with van der Waals surface area (Å²) in [7, 11) is 0. The van der Waals surface area contributed by atoms with Crippen molar-refractivity contribution in [3.05, 3.63) is 59.7 Å². The van der Waals surface area contributed by atoms with Crippen molar-refractivity contribution in [3.63, 3.8) is 0 Å². The van der Waals surface area contributed by atoms with Gasteiger partial charge in [0.05, 0.1) is 0 Å². The topological polar surface area (TPSA) is 56.4 Å². The standard InChI is InChI=1S/C18H20F2N4O/c19-14-9-15(20)11-17(10-14)23-18(25)22-16-3-1-2-13(8-16)12-24-6-4-21-5-7-24/h1-3,8-11,21H,4-7,12H2,(H2,22,23,25). The summed E-state index contributed by atoms with van der Waals surface area (Å²) in [6.07, 6.45) is 0. The number of halogens is 2. The Kier molecular flexibility index (Phi) is 5.57. The fraction of sp³-hybridized carbons (Fsp3) is 0.278. The SMILES string of the molecule is O=C(Nc1cc(F)cc(F)c1)Nc1cccc(CN2CCNCC2)c1. The highest BCUT2D eigenvalue weighted by Crippen LogP contribution is 2.16. The normalized spacial score (nSPS) is 15.0. The van der Waals surface area contributed by atoms with Gasteiger partial charge in [0.25, 0.3) is 0 Å². The van der Waals surface area contributed by atoms with Gasteiger partial charge < -0.3 is 16.0 Å². The molecular formula is C18H20F2N4O. The molecule has 0 atom stereocenters. The zero-order valence-electron chi connectivity index (χ0n) is 13.7. The number of rotatable bonds is 4. The number of urea groups is 1. The van der Waals surface area contributed by atoms with E-state index >= 15 is 0 Å². The van der Waals surface area contributed by atoms with Crippen LogP contribution in [0.3, 0.4) is 0 Å². The number of benzene rings is 2. The molecule has 25 heavy (non-hydrogen) atoms. The average molecular weight is 346 g/mol. The molecule has 1 aliphatic heterocycles. The van der Waals surface area contributed by atoms with Crippen LogP contribution >= 0.6 is 0 Å². The highest BCUT2D eigenvalue weighted by Gasteiger charge is 2.11. The minimum absolute atomic E-state index is 0.0620. The first-order valence-electron chi connectivity index (χ1n) is 8.14. The Balaban J connectivity index is 1.60. The lowest BCUT2D eigenvalue weighted by molar-refractivity contribution is 0.233. The van der Waals surface area contributed by atoms with E-state index in [4.69, 9.17) is 0 Å². The van der Waals surface area contributed by atoms with Gasteiger partial charge in [0.15, 0.2) is 0 Å². The third kappa shape index (κ3) is 5.23. The Hall–Kier alpha value is -2.51. The van der Waals surface area contributed by atoms with Gasteiger partial charge >= 0.3 is 6.03 Å². The van der Waals surface area contributed by atoms with Crippen molar-refractivity contribution in [2.75, 3.05) is 36.8 Å². The van der Waals surface area contributed by atoms with E-state index in [2.05, 4.69) is 20.9 Å². The summed E-state index contributed by atoms with van der Waals surface area (Å²) in [6.45, 7) is 4.75. The molecule has 5 nitrogen and oxygen atoms in total. The first kappa shape index (κ1) is 17.3. The Morgan fingerprint density at radius 2 is 1.68 bits per heavy atom. The minimum Gasteiger partial charge on any atom is -0.314 e. The van der Waals surface area contributed by atoms with Gasteiger partial charge in [-0.1, -0.05) is 12.1 Å². The number of hydrogen-bond donors (Lipinski definition) is 3. The lowest BCUT2D eigenvalue weighted by Gasteiger charge is -2.27. The molecule has 0 aromatic heterocycles. The molecule has 3 N–H and O–H groups in total. The van der Waals surface area contributed by atoms with Crippen LogP contribution in [0.15, 0.2) is 42.5 Å². The van der Waals surface area contributed by atoms with E-state index in [1.165, 1.54) is 0 Å². The molecule has 0 saturated carbocycles. The molecule has 0 bridgehead atoms. The Morgan fingerprint density at radius 3 is 2.40 bits per heavy atom. The van der Waals surface area contributed by atoms with Gasteiger partial charge in [-0.05, 0) is 29.8 Å². The Labute approximate surface area is 145 Å². The second-order valence-corrected chi connectivity index (χ2v) is 5.96. The summed E-state index contributed by atoms with van der Waals surface area (Å²) in [5.74, 6) is -1.48. The summed E-state index contributed by atoms with van der Waals surface area (Å²) in [5, 5.41) is 8.41. The fourth-order valence-electron chi connectivity index (χ4n) is 2.79. The smallest absolute Gasteiger partial charge is 0.314 e. The largest absolute Gasteiger partial charge is 0.323 e. The lowest BCUT2D eigenvalue weighted by Crippen LogP contribution is -2.42. The molecule has 0 radical (unpaired) electrons. The molecular weight excluding hydrogens is 326 g/mol. The first-order chi connectivity index (χ1) is 12.1. The Bertz CT molecular complexity index is 727. The van der Waals surface area contributed by atoms with Crippen LogP contribution in [0.25, 0.3) is 0 Å². The summed E-state index contributed by atoms with van der Waals surface area (Å²) < 4.78 is 26.3. The van der Waals surface area contributed by atoms with Crippen LogP contribution in [-0.2, 0) is 6.54 Å². The number of amides is 2. The van der Waals surface area contributed by atoms with Crippen LogP contribution in [0, 0.1) is 11.6 Å². The van der Waals surface area contributed by atoms with E-state index < -0.39 is 17.7 Å². The maximum atomic E-state index is 13.2. The van der Waals surface area contributed by atoms with E-state index in [1.807, 2.05) is 18.2 Å². The molecule has 1 heterocycles. The van der Waals surface area contributed by atoms with Crippen molar-refractivity contribution in [2.24, 2.45) is 0 Å². The lowest BCUT2D eigenvalue weighted by atomic mass is 10.2. The van der Waals surface area contributed by atoms with Crippen LogP contribution < -0.4 is 16.0 Å². The summed E-state index contributed by atoms with van der Waals surface area (Å²) >= 11 is 0. The summed E-state index contributed by atoms with van der Waals surface area (Å²) in [6, 6.07) is 9.86. The summed E-state index contributed by atoms with van der Waals surface area (Å²) in [5.41, 5.74) is 1.78. The number of carbonyl (C=O) groups is 1. The van der Waals surface area contributed by atoms with Crippen molar-refractivity contribution in [1.82, 2.24) is 10.2 Å². The van der Waals surface area contributed by atoms with E-state index in [-0.39, 0.29) is 5.69 Å². The van der Waals surface area contributed by atoms with Crippen molar-refractivity contribution in [1.29, 1.82) is 0 Å². The van der Waals surface area contributed by atoms with Crippen LogP contribution in [0.5, 0.6) is 0 Å². The number of nitrogens with zero attached hydrogens (tertiary/aromatic N) is 1. The molecule has 1 fully saturated rings. The number of anilines is 2. The van der Waals surface area contributed by atoms with E-state index in [0.717, 1.165) is 56.5 Å². The highest BCUT2D eigenvalue weighted by molar-refractivity contribution is 5.99. The molecule has 0 aliphatic carbocycles. The zero-order chi connectivity index (χ0) is 17.6. The van der Waals surface area contributed by atoms with Gasteiger partial charge in [0.1, 0.15) is 11.6 Å². The van der Waals surface area contributed by atoms with Crippen LogP contribution in [0.2, 0.25) is 0 Å². The van der Waals surface area contributed by atoms with E-state index in [9.17, 15) is 13.6 Å². The van der Waals surface area contributed by atoms with Gasteiger partial charge in [-0.3, -0.25) is 4.90 Å². The number of nitrogens with one attached hydrogen (secondary N) is 3. The van der Waals surface area contributed by atoms with Gasteiger partial charge in [-0.2, -0.15) is 0 Å². The maximum absolute atomic E-state index is 13.2. The van der Waals surface area contributed by atoms with Gasteiger partial charge in [-0.15, -0.1) is 0 Å². The molecule has 1 saturated heterocycles. The predicted molar refractivity (Wildman–Crippen MR) is 93.6 cm³/mol. The highest BCUT2D eigenvalue weighted by atomic mass is 19.1. The van der Waals surface area contributed by atoms with Crippen LogP contribution in [0.4, 0.5) is 25.0 Å². The van der Waals surface area contributed by atoms with Gasteiger partial charge in [-0.25, -0.2) is 13.6 Å². The van der Waals surface area contributed by atoms with Crippen LogP contribution in [-0.4, -0.2) is 37.1 Å². The molecule has 132 valence electrons. The van der Waals surface area contributed by atoms with E-state index in [0.29, 0.717) is 5.69 Å². The average Bonchev–Trinajstić information content (AvgIpc) is 2.55. The van der Waals surface area contributed by atoms with Gasteiger partial charge in [0, 0.05) is 50.2 Å². The fourth-order valence-corrected chi connectivity index (χ4v) is 2.79. The molecule has 2 aromatic carbocycles. The van der Waals surface area contributed by atoms with Crippen LogP contribution in [0.1, 0.15) is 5.56 Å². The predicted octanol–water partition coefficient (Wildman–Crippen LogP) is 3.01. The number of carbonyl (C=O) groups excluding carboxylic acids is 1. The third-order valence-corrected chi connectivity index (χ3v) is 3.92. The molecule has 7 heteroatoms. The third-order valence-electron chi connectivity index (χ3n) is 3.92. The molecule has 3 rings (SSSR count). The second kappa shape index (κ2) is 8.04. The maximum Gasteiger partial charge on any atom is 0.323 e. The number of hydrogen-bond acceptors (Lipinski definition) is 3. The van der Waals surface area contributed by atoms with Crippen molar-refractivity contribution < 1.29 is 13.6 Å². The van der Waals surface area contributed by atoms with Gasteiger partial charge in [0.2, 0.25) is 0 Å². The number of piperazine rings is 1. The quantitative estimate of drug-likeness (QED) is 0.798. The van der Waals surface area contributed by atoms with E-state index in [1.54, 1.807) is 6.07 Å². The molecule has 2 aromatic rings. The molecule has 0 spiro atoms. The summed E-state index contributed by atoms with van der Waals surface area (Å²) in [4.78, 5) is 14.4. The monoisotopic (exact) mass is 346 g/mol. The van der Waals surface area contributed by atoms with Crippen molar-refractivity contribution in [3.8, 4) is 0 Å². The second-order valence-electron chi connectivity index (χ2n) is 5.96. The minimum atomic E-state index is -0.742. The van der Waals surface area contributed by atoms with Crippen molar-refractivity contribution >= 4 is 17.4 Å². The Morgan fingerprint density at radius 1 is 1.00 bits per heavy atom. The molecule has 1 aliphatic rings. The zero-order valence-corrected chi connectivity index (χ0v) is 13.7. The molecule has 0 unspecified atom stereocenters. The van der Waals surface area contributed by atoms with Crippen molar-refractivity contribution in [2.45, 2.75) is 6.54 Å². The molecule has 2 amide bonds.